The van der Waals surface area contributed by atoms with Crippen LogP contribution in [0.1, 0.15) is 20.8 Å². The molecule has 0 saturated heterocycles. The number of nitrogens with zero attached hydrogens (tertiary/aromatic N) is 2. The van der Waals surface area contributed by atoms with Gasteiger partial charge < -0.3 is 0 Å². The lowest BCUT2D eigenvalue weighted by Crippen LogP contribution is -2.35. The van der Waals surface area contributed by atoms with E-state index in [1.807, 2.05) is 20.8 Å². The minimum Gasteiger partial charge on any atom is -0.290 e. The van der Waals surface area contributed by atoms with Gasteiger partial charge in [0.2, 0.25) is 0 Å². The molecule has 4 nitrogen and oxygen atoms in total. The third-order valence-electron chi connectivity index (χ3n) is 0.917. The van der Waals surface area contributed by atoms with Gasteiger partial charge in [-0.15, -0.1) is 0 Å². The Labute approximate surface area is 54.9 Å². The smallest absolute Gasteiger partial charge is 0.105 e. The van der Waals surface area contributed by atoms with Crippen LogP contribution < -0.4 is 0 Å². The first-order chi connectivity index (χ1) is 4.02. The lowest BCUT2D eigenvalue weighted by Gasteiger charge is -2.26. The van der Waals surface area contributed by atoms with Crippen molar-refractivity contribution in [2.75, 3.05) is 0 Å². The normalized spacial score (nSPS) is 10.6. The average Bonchev–Trinajstić information content (AvgIpc) is 1.65. The van der Waals surface area contributed by atoms with Gasteiger partial charge in [-0.2, -0.15) is 5.53 Å². The van der Waals surface area contributed by atoms with Crippen LogP contribution in [0.3, 0.4) is 0 Å². The Morgan fingerprint density at radius 2 is 1.89 bits per heavy atom. The zero-order valence-electron chi connectivity index (χ0n) is 5.97. The number of hydrogen-bond acceptors (Lipinski definition) is 3. The summed E-state index contributed by atoms with van der Waals surface area (Å²) in [7, 11) is 0. The topological polar surface area (TPSA) is 63.3 Å². The minimum atomic E-state index is -0.247. The van der Waals surface area contributed by atoms with Crippen molar-refractivity contribution in [2.45, 2.75) is 26.3 Å². The van der Waals surface area contributed by atoms with Gasteiger partial charge in [-0.25, -0.2) is 5.01 Å². The molecule has 0 saturated carbocycles. The second-order valence-electron chi connectivity index (χ2n) is 2.74. The van der Waals surface area contributed by atoms with Crippen molar-refractivity contribution < 1.29 is 0 Å². The Kier molecular flexibility index (Phi) is 2.30. The van der Waals surface area contributed by atoms with Crippen molar-refractivity contribution in [3.63, 3.8) is 0 Å². The van der Waals surface area contributed by atoms with E-state index in [0.717, 1.165) is 6.34 Å². The highest BCUT2D eigenvalue weighted by Crippen LogP contribution is 2.09. The Bertz CT molecular complexity index is 105. The fourth-order valence-corrected chi connectivity index (χ4v) is 0.373. The van der Waals surface area contributed by atoms with Crippen molar-refractivity contribution in [3.8, 4) is 0 Å². The summed E-state index contributed by atoms with van der Waals surface area (Å²) < 4.78 is 0. The highest BCUT2D eigenvalue weighted by atomic mass is 15.5. The maximum Gasteiger partial charge on any atom is 0.105 e. The lowest BCUT2D eigenvalue weighted by molar-refractivity contribution is 0.233. The van der Waals surface area contributed by atoms with E-state index in [4.69, 9.17) is 10.9 Å². The summed E-state index contributed by atoms with van der Waals surface area (Å²) in [6.07, 6.45) is 1.03. The molecule has 0 radical (unpaired) electrons. The molecule has 0 aliphatic carbocycles. The summed E-state index contributed by atoms with van der Waals surface area (Å²) in [6.45, 7) is 5.66. The van der Waals surface area contributed by atoms with Crippen LogP contribution in [0.2, 0.25) is 0 Å². The van der Waals surface area contributed by atoms with Gasteiger partial charge in [0.05, 0.1) is 5.54 Å². The molecule has 0 aromatic heterocycles. The average molecular weight is 128 g/mol. The van der Waals surface area contributed by atoms with Crippen LogP contribution in [0.25, 0.3) is 0 Å². The molecule has 4 heteroatoms. The molecule has 0 fully saturated rings. The van der Waals surface area contributed by atoms with E-state index in [0.29, 0.717) is 0 Å². The predicted molar refractivity (Wildman–Crippen MR) is 35.5 cm³/mol. The molecule has 0 bridgehead atoms. The molecule has 0 atom stereocenters. The molecule has 0 amide bonds. The molecule has 2 N–H and O–H groups in total. The summed E-state index contributed by atoms with van der Waals surface area (Å²) in [5.41, 5.74) is 6.37. The van der Waals surface area contributed by atoms with Gasteiger partial charge in [0.15, 0.2) is 0 Å². The fraction of sp³-hybridized carbons (Fsp3) is 0.800. The van der Waals surface area contributed by atoms with Crippen molar-refractivity contribution in [2.24, 2.45) is 5.22 Å². The quantitative estimate of drug-likeness (QED) is 0.252. The van der Waals surface area contributed by atoms with E-state index >= 15 is 0 Å². The standard InChI is InChI=1S/C5H12N4/c1-5(2,3)9(4-6)8-7/h4,6-7H,1-3H3. The van der Waals surface area contributed by atoms with Gasteiger partial charge in [-0.05, 0) is 20.8 Å². The molecule has 0 aliphatic heterocycles. The monoisotopic (exact) mass is 128 g/mol. The molecule has 0 aliphatic rings. The second kappa shape index (κ2) is 2.57. The van der Waals surface area contributed by atoms with Crippen LogP contribution in [0.5, 0.6) is 0 Å². The van der Waals surface area contributed by atoms with E-state index in [-0.39, 0.29) is 5.54 Å². The van der Waals surface area contributed by atoms with Crippen molar-refractivity contribution >= 4 is 6.34 Å². The molecule has 52 valence electrons. The van der Waals surface area contributed by atoms with E-state index in [1.165, 1.54) is 5.01 Å². The van der Waals surface area contributed by atoms with Gasteiger partial charge in [-0.1, -0.05) is 5.22 Å². The van der Waals surface area contributed by atoms with Gasteiger partial charge in [-0.3, -0.25) is 5.41 Å². The Hall–Kier alpha value is -0.930. The largest absolute Gasteiger partial charge is 0.290 e. The predicted octanol–water partition coefficient (Wildman–Crippen LogP) is 1.64. The van der Waals surface area contributed by atoms with Gasteiger partial charge in [0.25, 0.3) is 0 Å². The van der Waals surface area contributed by atoms with Crippen molar-refractivity contribution in [1.29, 1.82) is 10.9 Å². The summed E-state index contributed by atoms with van der Waals surface area (Å²) in [4.78, 5) is 0. The first-order valence-electron chi connectivity index (χ1n) is 2.69. The van der Waals surface area contributed by atoms with Crippen molar-refractivity contribution in [3.05, 3.63) is 0 Å². The molecular weight excluding hydrogens is 116 g/mol. The maximum absolute atomic E-state index is 6.80. The zero-order valence-corrected chi connectivity index (χ0v) is 5.97. The molecule has 0 rings (SSSR count). The zero-order chi connectivity index (χ0) is 7.49. The summed E-state index contributed by atoms with van der Waals surface area (Å²) >= 11 is 0. The SMILES string of the molecule is CC(C)(C)N(C=N)N=N. The number of hydrogen-bond donors (Lipinski definition) is 2. The van der Waals surface area contributed by atoms with Gasteiger partial charge in [0.1, 0.15) is 6.34 Å². The Morgan fingerprint density at radius 3 is 1.89 bits per heavy atom. The van der Waals surface area contributed by atoms with Crippen LogP contribution in [0, 0.1) is 10.9 Å². The number of rotatable bonds is 2. The Balaban J connectivity index is 4.11. The van der Waals surface area contributed by atoms with Crippen LogP contribution in [-0.4, -0.2) is 16.9 Å². The molecule has 0 aromatic rings. The van der Waals surface area contributed by atoms with E-state index in [2.05, 4.69) is 5.22 Å². The summed E-state index contributed by atoms with van der Waals surface area (Å²) in [5, 5.41) is 11.2. The third kappa shape index (κ3) is 2.21. The summed E-state index contributed by atoms with van der Waals surface area (Å²) in [6, 6.07) is 0. The van der Waals surface area contributed by atoms with E-state index in [9.17, 15) is 0 Å². The summed E-state index contributed by atoms with van der Waals surface area (Å²) in [5.74, 6) is 0. The first-order valence-corrected chi connectivity index (χ1v) is 2.69. The molecule has 0 unspecified atom stereocenters. The minimum absolute atomic E-state index is 0.247. The van der Waals surface area contributed by atoms with Crippen LogP contribution in [-0.2, 0) is 0 Å². The third-order valence-corrected chi connectivity index (χ3v) is 0.917. The molecule has 9 heavy (non-hydrogen) atoms. The second-order valence-corrected chi connectivity index (χ2v) is 2.74. The number of nitrogens with one attached hydrogen (secondary N) is 2. The van der Waals surface area contributed by atoms with Crippen LogP contribution in [0.4, 0.5) is 0 Å². The maximum atomic E-state index is 6.80. The van der Waals surface area contributed by atoms with E-state index < -0.39 is 0 Å². The fourth-order valence-electron chi connectivity index (χ4n) is 0.373. The van der Waals surface area contributed by atoms with Gasteiger partial charge in [0, 0.05) is 0 Å². The van der Waals surface area contributed by atoms with Gasteiger partial charge >= 0.3 is 0 Å². The highest BCUT2D eigenvalue weighted by molar-refractivity contribution is 5.50. The molecule has 0 spiro atoms. The Morgan fingerprint density at radius 1 is 1.44 bits per heavy atom. The highest BCUT2D eigenvalue weighted by Gasteiger charge is 2.16. The van der Waals surface area contributed by atoms with E-state index in [1.54, 1.807) is 0 Å². The van der Waals surface area contributed by atoms with Crippen LogP contribution >= 0.6 is 0 Å². The molecule has 0 heterocycles. The molecule has 0 aromatic carbocycles. The van der Waals surface area contributed by atoms with Crippen LogP contribution in [0.15, 0.2) is 5.22 Å². The lowest BCUT2D eigenvalue weighted by atomic mass is 10.1. The molecular formula is C5H12N4. The first kappa shape index (κ1) is 8.07. The van der Waals surface area contributed by atoms with Crippen molar-refractivity contribution in [1.82, 2.24) is 5.01 Å².